The Balaban J connectivity index is 1.74. The Morgan fingerprint density at radius 3 is 1.41 bits per heavy atom. The van der Waals surface area contributed by atoms with Gasteiger partial charge in [0.2, 0.25) is 0 Å². The third-order valence-corrected chi connectivity index (χ3v) is 8.08. The molecule has 0 aliphatic heterocycles. The van der Waals surface area contributed by atoms with Crippen LogP contribution in [-0.4, -0.2) is 0 Å². The number of hydrogen-bond acceptors (Lipinski definition) is 0. The molecular weight excluding hydrogens is 484 g/mol. The van der Waals surface area contributed by atoms with Crippen LogP contribution < -0.4 is 0 Å². The Labute approximate surface area is 192 Å². The zero-order valence-electron chi connectivity index (χ0n) is 18.2. The molecule has 29 heavy (non-hydrogen) atoms. The van der Waals surface area contributed by atoms with Crippen molar-refractivity contribution in [2.24, 2.45) is 0 Å². The largest absolute Gasteiger partial charge is 0.0651 e. The van der Waals surface area contributed by atoms with Crippen LogP contribution in [0.15, 0.2) is 44.4 Å². The maximum absolute atomic E-state index is 3.84. The lowest BCUT2D eigenvalue weighted by molar-refractivity contribution is 0.640. The van der Waals surface area contributed by atoms with Gasteiger partial charge in [-0.25, -0.2) is 0 Å². The van der Waals surface area contributed by atoms with Gasteiger partial charge in [-0.3, -0.25) is 0 Å². The van der Waals surface area contributed by atoms with Crippen molar-refractivity contribution in [2.75, 3.05) is 0 Å². The van der Waals surface area contributed by atoms with E-state index in [9.17, 15) is 0 Å². The molecule has 2 aliphatic carbocycles. The van der Waals surface area contributed by atoms with E-state index in [1.54, 1.807) is 0 Å². The van der Waals surface area contributed by atoms with Crippen molar-refractivity contribution in [3.8, 4) is 0 Å². The van der Waals surface area contributed by atoms with Gasteiger partial charge in [0.05, 0.1) is 0 Å². The minimum absolute atomic E-state index is 0.487. The predicted octanol–water partition coefficient (Wildman–Crippen LogP) is 9.55. The lowest BCUT2D eigenvalue weighted by Gasteiger charge is -2.24. The second-order valence-corrected chi connectivity index (χ2v) is 11.1. The van der Waals surface area contributed by atoms with Gasteiger partial charge in [-0.1, -0.05) is 95.0 Å². The number of hydrogen-bond donors (Lipinski definition) is 0. The molecule has 2 heteroatoms. The molecule has 0 nitrogen and oxygen atoms in total. The first-order valence-electron chi connectivity index (χ1n) is 10.7. The number of benzene rings is 2. The minimum Gasteiger partial charge on any atom is -0.0651 e. The highest BCUT2D eigenvalue weighted by atomic mass is 79.9. The van der Waals surface area contributed by atoms with Crippen molar-refractivity contribution in [2.45, 2.75) is 71.6 Å². The van der Waals surface area contributed by atoms with E-state index in [0.29, 0.717) is 23.7 Å². The Hall–Kier alpha value is -1.12. The van der Waals surface area contributed by atoms with Crippen molar-refractivity contribution in [3.63, 3.8) is 0 Å². The molecule has 2 aromatic carbocycles. The molecule has 0 amide bonds. The molecule has 0 bridgehead atoms. The van der Waals surface area contributed by atoms with Crippen LogP contribution in [0.4, 0.5) is 0 Å². The quantitative estimate of drug-likeness (QED) is 0.381. The maximum atomic E-state index is 3.84. The first-order chi connectivity index (χ1) is 13.7. The Morgan fingerprint density at radius 1 is 0.690 bits per heavy atom. The zero-order chi connectivity index (χ0) is 21.0. The number of halogens is 2. The SMILES string of the molecule is CC1=Cc2c(Br)cc(C(C)C)cc2C1CC1C(C)=Cc2c(Br)cc(C(C)C)cc21. The summed E-state index contributed by atoms with van der Waals surface area (Å²) in [7, 11) is 0. The van der Waals surface area contributed by atoms with E-state index in [1.807, 2.05) is 0 Å². The molecule has 0 aromatic heterocycles. The van der Waals surface area contributed by atoms with Crippen LogP contribution in [0.1, 0.15) is 105 Å². The maximum Gasteiger partial charge on any atom is 0.0253 e. The topological polar surface area (TPSA) is 0 Å². The first-order valence-corrected chi connectivity index (χ1v) is 12.3. The van der Waals surface area contributed by atoms with Crippen LogP contribution in [-0.2, 0) is 0 Å². The average Bonchev–Trinajstić information content (AvgIpc) is 3.13. The van der Waals surface area contributed by atoms with E-state index < -0.39 is 0 Å². The predicted molar refractivity (Wildman–Crippen MR) is 134 cm³/mol. The second-order valence-electron chi connectivity index (χ2n) is 9.44. The molecular formula is C27H30Br2. The van der Waals surface area contributed by atoms with Gasteiger partial charge in [-0.05, 0) is 77.6 Å². The minimum atomic E-state index is 0.487. The standard InChI is InChI=1S/C27H30Br2/c1-14(2)18-9-22-20(16(5)7-24(22)26(28)11-18)13-21-17(6)8-25-23(21)10-19(15(3)4)12-27(25)29/h7-12,14-15,20-21H,13H2,1-6H3. The monoisotopic (exact) mass is 512 g/mol. The molecule has 2 aromatic rings. The molecule has 0 heterocycles. The molecule has 4 rings (SSSR count). The first kappa shape index (κ1) is 21.1. The lowest BCUT2D eigenvalue weighted by Crippen LogP contribution is -2.07. The van der Waals surface area contributed by atoms with Crippen molar-refractivity contribution >= 4 is 44.0 Å². The van der Waals surface area contributed by atoms with Gasteiger partial charge in [0.25, 0.3) is 0 Å². The smallest absolute Gasteiger partial charge is 0.0253 e. The zero-order valence-corrected chi connectivity index (χ0v) is 21.4. The van der Waals surface area contributed by atoms with Crippen LogP contribution >= 0.6 is 31.9 Å². The van der Waals surface area contributed by atoms with Crippen molar-refractivity contribution in [1.29, 1.82) is 0 Å². The molecule has 2 atom stereocenters. The molecule has 0 saturated heterocycles. The third-order valence-electron chi connectivity index (χ3n) is 6.77. The fourth-order valence-corrected chi connectivity index (χ4v) is 6.09. The molecule has 152 valence electrons. The van der Waals surface area contributed by atoms with Crippen molar-refractivity contribution in [1.82, 2.24) is 0 Å². The van der Waals surface area contributed by atoms with E-state index >= 15 is 0 Å². The molecule has 0 radical (unpaired) electrons. The molecule has 2 aliphatic rings. The fraction of sp³-hybridized carbons (Fsp3) is 0.407. The van der Waals surface area contributed by atoms with Crippen LogP contribution in [0.5, 0.6) is 0 Å². The van der Waals surface area contributed by atoms with Crippen molar-refractivity contribution < 1.29 is 0 Å². The van der Waals surface area contributed by atoms with E-state index in [-0.39, 0.29) is 0 Å². The van der Waals surface area contributed by atoms with Gasteiger partial charge in [0.15, 0.2) is 0 Å². The summed E-state index contributed by atoms with van der Waals surface area (Å²) in [6, 6.07) is 9.52. The number of fused-ring (bicyclic) bond motifs is 2. The van der Waals surface area contributed by atoms with E-state index in [2.05, 4.69) is 110 Å². The molecule has 2 unspecified atom stereocenters. The molecule has 0 saturated carbocycles. The third kappa shape index (κ3) is 3.72. The summed E-state index contributed by atoms with van der Waals surface area (Å²) in [5.74, 6) is 2.05. The van der Waals surface area contributed by atoms with Gasteiger partial charge in [-0.2, -0.15) is 0 Å². The van der Waals surface area contributed by atoms with Crippen LogP contribution in [0.25, 0.3) is 12.2 Å². The Bertz CT molecular complexity index is 953. The molecule has 0 fully saturated rings. The lowest BCUT2D eigenvalue weighted by atomic mass is 9.81. The van der Waals surface area contributed by atoms with E-state index in [0.717, 1.165) is 6.42 Å². The van der Waals surface area contributed by atoms with Gasteiger partial charge >= 0.3 is 0 Å². The Kier molecular flexibility index (Phi) is 5.72. The number of rotatable bonds is 4. The normalized spacial score (nSPS) is 20.2. The average molecular weight is 514 g/mol. The highest BCUT2D eigenvalue weighted by Gasteiger charge is 2.32. The van der Waals surface area contributed by atoms with Gasteiger partial charge in [0.1, 0.15) is 0 Å². The highest BCUT2D eigenvalue weighted by molar-refractivity contribution is 9.10. The summed E-state index contributed by atoms with van der Waals surface area (Å²) in [5, 5.41) is 0. The molecule has 0 N–H and O–H groups in total. The van der Waals surface area contributed by atoms with Crippen LogP contribution in [0.2, 0.25) is 0 Å². The van der Waals surface area contributed by atoms with E-state index in [1.165, 1.54) is 53.5 Å². The number of allylic oxidation sites excluding steroid dienone is 2. The summed E-state index contributed by atoms with van der Waals surface area (Å²) in [6.45, 7) is 13.7. The van der Waals surface area contributed by atoms with Crippen molar-refractivity contribution in [3.05, 3.63) is 77.7 Å². The summed E-state index contributed by atoms with van der Waals surface area (Å²) >= 11 is 7.69. The second kappa shape index (κ2) is 7.85. The van der Waals surface area contributed by atoms with Gasteiger partial charge < -0.3 is 0 Å². The van der Waals surface area contributed by atoms with Gasteiger partial charge in [-0.15, -0.1) is 0 Å². The van der Waals surface area contributed by atoms with Crippen LogP contribution in [0.3, 0.4) is 0 Å². The Morgan fingerprint density at radius 2 is 1.07 bits per heavy atom. The fourth-order valence-electron chi connectivity index (χ4n) is 4.88. The highest BCUT2D eigenvalue weighted by Crippen LogP contribution is 2.50. The molecule has 0 spiro atoms. The summed E-state index contributed by atoms with van der Waals surface area (Å²) in [6.07, 6.45) is 5.93. The summed E-state index contributed by atoms with van der Waals surface area (Å²) in [5.41, 5.74) is 11.6. The summed E-state index contributed by atoms with van der Waals surface area (Å²) in [4.78, 5) is 0. The van der Waals surface area contributed by atoms with E-state index in [4.69, 9.17) is 0 Å². The van der Waals surface area contributed by atoms with Gasteiger partial charge in [0, 0.05) is 20.8 Å². The summed E-state index contributed by atoms with van der Waals surface area (Å²) < 4.78 is 2.48. The van der Waals surface area contributed by atoms with Crippen LogP contribution in [0, 0.1) is 0 Å².